The van der Waals surface area contributed by atoms with Crippen LogP contribution in [0.3, 0.4) is 0 Å². The number of aromatic amines is 1. The van der Waals surface area contributed by atoms with Crippen LogP contribution in [0.25, 0.3) is 0 Å². The zero-order chi connectivity index (χ0) is 19.4. The molecule has 1 amide bonds. The number of thiazole rings is 1. The number of aromatic nitrogens is 2. The number of methoxy groups -OCH3 is 1. The molecule has 0 fully saturated rings. The number of amides is 1. The number of Topliss-reactive ketones (excluding diaryl/α,β-unsaturated/α-hetero) is 1. The molecule has 2 rings (SSSR count). The minimum absolute atomic E-state index is 0.0618. The number of hydrogen-bond donors (Lipinski definition) is 2. The summed E-state index contributed by atoms with van der Waals surface area (Å²) in [5.41, 5.74) is 2.22. The lowest BCUT2D eigenvalue weighted by Gasteiger charge is -2.12. The number of aryl methyl sites for hydroxylation is 1. The van der Waals surface area contributed by atoms with Crippen LogP contribution in [0.2, 0.25) is 0 Å². The van der Waals surface area contributed by atoms with Gasteiger partial charge in [-0.25, -0.2) is 9.78 Å². The summed E-state index contributed by atoms with van der Waals surface area (Å²) in [5.74, 6) is -1.05. The van der Waals surface area contributed by atoms with E-state index in [2.05, 4.69) is 15.3 Å². The molecule has 0 aliphatic carbocycles. The number of ether oxygens (including phenoxy) is 1. The Bertz CT molecular complexity index is 838. The van der Waals surface area contributed by atoms with Crippen molar-refractivity contribution < 1.29 is 19.1 Å². The lowest BCUT2D eigenvalue weighted by Crippen LogP contribution is -2.29. The van der Waals surface area contributed by atoms with Crippen LogP contribution < -0.4 is 5.32 Å². The highest BCUT2D eigenvalue weighted by atomic mass is 32.1. The first-order chi connectivity index (χ1) is 12.3. The van der Waals surface area contributed by atoms with Crippen molar-refractivity contribution in [1.82, 2.24) is 15.3 Å². The second-order valence-corrected chi connectivity index (χ2v) is 6.95. The van der Waals surface area contributed by atoms with Crippen molar-refractivity contribution in [2.75, 3.05) is 7.11 Å². The predicted octanol–water partition coefficient (Wildman–Crippen LogP) is 2.75. The van der Waals surface area contributed by atoms with Crippen LogP contribution in [-0.2, 0) is 22.4 Å². The van der Waals surface area contributed by atoms with Gasteiger partial charge in [0.25, 0.3) is 0 Å². The van der Waals surface area contributed by atoms with Gasteiger partial charge in [-0.2, -0.15) is 0 Å². The average molecular weight is 377 g/mol. The Hall–Kier alpha value is -2.48. The highest BCUT2D eigenvalue weighted by Gasteiger charge is 2.25. The van der Waals surface area contributed by atoms with Crippen LogP contribution in [0.4, 0.5) is 0 Å². The molecule has 0 saturated carbocycles. The third-order valence-corrected chi connectivity index (χ3v) is 5.11. The van der Waals surface area contributed by atoms with Crippen LogP contribution in [0.5, 0.6) is 0 Å². The number of rotatable bonds is 7. The topological polar surface area (TPSA) is 101 Å². The molecule has 2 aromatic heterocycles. The highest BCUT2D eigenvalue weighted by Crippen LogP contribution is 2.21. The summed E-state index contributed by atoms with van der Waals surface area (Å²) in [6, 6.07) is -0.246. The summed E-state index contributed by atoms with van der Waals surface area (Å²) in [5, 5.41) is 5.81. The first-order valence-electron chi connectivity index (χ1n) is 8.32. The zero-order valence-electron chi connectivity index (χ0n) is 15.6. The van der Waals surface area contributed by atoms with Gasteiger partial charge < -0.3 is 15.0 Å². The van der Waals surface area contributed by atoms with Crippen molar-refractivity contribution in [3.8, 4) is 0 Å². The smallest absolute Gasteiger partial charge is 0.339 e. The van der Waals surface area contributed by atoms with Crippen LogP contribution in [-0.4, -0.2) is 34.7 Å². The lowest BCUT2D eigenvalue weighted by atomic mass is 10.1. The first kappa shape index (κ1) is 19.8. The minimum atomic E-state index is -0.575. The largest absolute Gasteiger partial charge is 0.465 e. The fourth-order valence-corrected chi connectivity index (χ4v) is 3.57. The second kappa shape index (κ2) is 8.27. The number of hydrogen-bond acceptors (Lipinski definition) is 6. The maximum absolute atomic E-state index is 12.4. The van der Waals surface area contributed by atoms with Gasteiger partial charge in [0.2, 0.25) is 5.91 Å². The number of nitrogens with zero attached hydrogens (tertiary/aromatic N) is 1. The predicted molar refractivity (Wildman–Crippen MR) is 98.6 cm³/mol. The Kier molecular flexibility index (Phi) is 6.31. The number of esters is 1. The van der Waals surface area contributed by atoms with Crippen molar-refractivity contribution in [3.63, 3.8) is 0 Å². The first-order valence-corrected chi connectivity index (χ1v) is 9.20. The van der Waals surface area contributed by atoms with E-state index in [1.165, 1.54) is 14.0 Å². The SMILES string of the molecule is CCc1nc(C(C)NC(=O)Cc2[nH]c(C(C)=O)c(C)c2C(=O)OC)cs1. The molecule has 0 spiro atoms. The molecule has 26 heavy (non-hydrogen) atoms. The van der Waals surface area contributed by atoms with Gasteiger partial charge in [0.05, 0.1) is 41.5 Å². The fourth-order valence-electron chi connectivity index (χ4n) is 2.73. The van der Waals surface area contributed by atoms with E-state index >= 15 is 0 Å². The van der Waals surface area contributed by atoms with Gasteiger partial charge in [-0.1, -0.05) is 6.92 Å². The number of ketones is 1. The molecule has 2 N–H and O–H groups in total. The average Bonchev–Trinajstić information content (AvgIpc) is 3.19. The highest BCUT2D eigenvalue weighted by molar-refractivity contribution is 7.09. The standard InChI is InChI=1S/C18H23N3O4S/c1-6-15-20-13(8-26-15)10(3)19-14(23)7-12-16(18(24)25-5)9(2)17(21-12)11(4)22/h8,10,21H,6-7H2,1-5H3,(H,19,23). The van der Waals surface area contributed by atoms with Crippen molar-refractivity contribution in [2.45, 2.75) is 46.6 Å². The van der Waals surface area contributed by atoms with E-state index < -0.39 is 5.97 Å². The van der Waals surface area contributed by atoms with Gasteiger partial charge in [-0.05, 0) is 25.8 Å². The van der Waals surface area contributed by atoms with E-state index in [4.69, 9.17) is 4.74 Å². The normalized spacial score (nSPS) is 11.9. The second-order valence-electron chi connectivity index (χ2n) is 6.01. The van der Waals surface area contributed by atoms with Crippen molar-refractivity contribution in [2.24, 2.45) is 0 Å². The van der Waals surface area contributed by atoms with E-state index in [0.29, 0.717) is 17.0 Å². The summed E-state index contributed by atoms with van der Waals surface area (Å²) < 4.78 is 4.79. The van der Waals surface area contributed by atoms with Crippen LogP contribution in [0.15, 0.2) is 5.38 Å². The Morgan fingerprint density at radius 1 is 1.38 bits per heavy atom. The van der Waals surface area contributed by atoms with Crippen molar-refractivity contribution in [1.29, 1.82) is 0 Å². The van der Waals surface area contributed by atoms with Gasteiger partial charge in [0, 0.05) is 18.0 Å². The van der Waals surface area contributed by atoms with E-state index in [0.717, 1.165) is 17.1 Å². The Morgan fingerprint density at radius 3 is 2.62 bits per heavy atom. The summed E-state index contributed by atoms with van der Waals surface area (Å²) in [7, 11) is 1.27. The van der Waals surface area contributed by atoms with E-state index in [1.54, 1.807) is 18.3 Å². The molecule has 0 aliphatic heterocycles. The number of carbonyl (C=O) groups is 3. The summed E-state index contributed by atoms with van der Waals surface area (Å²) in [6.45, 7) is 6.94. The number of nitrogens with one attached hydrogen (secondary N) is 2. The fraction of sp³-hybridized carbons (Fsp3) is 0.444. The molecule has 8 heteroatoms. The monoisotopic (exact) mass is 377 g/mol. The molecule has 1 atom stereocenters. The number of carbonyl (C=O) groups excluding carboxylic acids is 3. The molecule has 140 valence electrons. The third-order valence-electron chi connectivity index (χ3n) is 4.10. The third kappa shape index (κ3) is 4.19. The molecule has 2 aromatic rings. The summed E-state index contributed by atoms with van der Waals surface area (Å²) in [4.78, 5) is 43.6. The van der Waals surface area contributed by atoms with Crippen molar-refractivity contribution >= 4 is 29.0 Å². The van der Waals surface area contributed by atoms with Crippen molar-refractivity contribution in [3.05, 3.63) is 38.6 Å². The molecule has 1 unspecified atom stereocenters. The summed E-state index contributed by atoms with van der Waals surface area (Å²) >= 11 is 1.56. The van der Waals surface area contributed by atoms with E-state index in [1.807, 2.05) is 19.2 Å². The Morgan fingerprint density at radius 2 is 2.08 bits per heavy atom. The molecule has 0 aromatic carbocycles. The van der Waals surface area contributed by atoms with Gasteiger partial charge >= 0.3 is 5.97 Å². The van der Waals surface area contributed by atoms with E-state index in [-0.39, 0.29) is 29.7 Å². The molecule has 0 aliphatic rings. The maximum Gasteiger partial charge on any atom is 0.339 e. The van der Waals surface area contributed by atoms with Gasteiger partial charge in [-0.15, -0.1) is 11.3 Å². The quantitative estimate of drug-likeness (QED) is 0.571. The van der Waals surface area contributed by atoms with E-state index in [9.17, 15) is 14.4 Å². The van der Waals surface area contributed by atoms with Crippen LogP contribution >= 0.6 is 11.3 Å². The Balaban J connectivity index is 2.18. The maximum atomic E-state index is 12.4. The van der Waals surface area contributed by atoms with Gasteiger partial charge in [0.15, 0.2) is 5.78 Å². The minimum Gasteiger partial charge on any atom is -0.465 e. The van der Waals surface area contributed by atoms with Crippen LogP contribution in [0, 0.1) is 6.92 Å². The molecule has 0 saturated heterocycles. The van der Waals surface area contributed by atoms with Gasteiger partial charge in [-0.3, -0.25) is 9.59 Å². The molecule has 0 bridgehead atoms. The Labute approximate surface area is 156 Å². The summed E-state index contributed by atoms with van der Waals surface area (Å²) in [6.07, 6.45) is 0.789. The molecular weight excluding hydrogens is 354 g/mol. The molecule has 2 heterocycles. The van der Waals surface area contributed by atoms with Crippen LogP contribution in [0.1, 0.15) is 69.6 Å². The zero-order valence-corrected chi connectivity index (χ0v) is 16.4. The number of H-pyrrole nitrogens is 1. The van der Waals surface area contributed by atoms with Gasteiger partial charge in [0.1, 0.15) is 0 Å². The molecular formula is C18H23N3O4S. The lowest BCUT2D eigenvalue weighted by molar-refractivity contribution is -0.121. The molecule has 7 nitrogen and oxygen atoms in total. The molecule has 0 radical (unpaired) electrons.